The topological polar surface area (TPSA) is 72.3 Å². The summed E-state index contributed by atoms with van der Waals surface area (Å²) in [6, 6.07) is 23.8. The zero-order chi connectivity index (χ0) is 25.5. The molecule has 7 nitrogen and oxygen atoms in total. The van der Waals surface area contributed by atoms with E-state index in [4.69, 9.17) is 4.74 Å². The van der Waals surface area contributed by atoms with E-state index in [1.807, 2.05) is 77.4 Å². The number of amides is 1. The summed E-state index contributed by atoms with van der Waals surface area (Å²) in [5.41, 5.74) is 4.93. The molecule has 4 rings (SSSR count). The van der Waals surface area contributed by atoms with Crippen LogP contribution in [0.15, 0.2) is 78.0 Å². The Balaban J connectivity index is 1.52. The van der Waals surface area contributed by atoms with Gasteiger partial charge >= 0.3 is 0 Å². The van der Waals surface area contributed by atoms with Crippen LogP contribution in [0.4, 0.5) is 11.4 Å². The van der Waals surface area contributed by atoms with Gasteiger partial charge in [-0.05, 0) is 69.3 Å². The van der Waals surface area contributed by atoms with Crippen molar-refractivity contribution < 1.29 is 9.53 Å². The Morgan fingerprint density at radius 3 is 2.22 bits per heavy atom. The molecule has 0 bridgehead atoms. The summed E-state index contributed by atoms with van der Waals surface area (Å²) in [5.74, 6) is 1.59. The molecule has 0 saturated heterocycles. The van der Waals surface area contributed by atoms with E-state index in [1.165, 1.54) is 17.3 Å². The lowest BCUT2D eigenvalue weighted by Gasteiger charge is -2.21. The fourth-order valence-electron chi connectivity index (χ4n) is 3.89. The SMILES string of the molecule is CCN(CC)c1ccc(NC(=O)CSc2nnc(-c3ccc(C)cc3)n2-c2ccc(OC)cc2)cc1. The average Bonchev–Trinajstić information content (AvgIpc) is 3.33. The fraction of sp³-hybridized carbons (Fsp3) is 0.250. The van der Waals surface area contributed by atoms with Crippen LogP contribution in [0.25, 0.3) is 17.1 Å². The van der Waals surface area contributed by atoms with Crippen LogP contribution in [-0.2, 0) is 4.79 Å². The van der Waals surface area contributed by atoms with Gasteiger partial charge in [-0.1, -0.05) is 41.6 Å². The monoisotopic (exact) mass is 501 g/mol. The minimum Gasteiger partial charge on any atom is -0.497 e. The Morgan fingerprint density at radius 2 is 1.61 bits per heavy atom. The van der Waals surface area contributed by atoms with Gasteiger partial charge in [-0.2, -0.15) is 0 Å². The molecule has 0 spiro atoms. The van der Waals surface area contributed by atoms with E-state index in [9.17, 15) is 4.79 Å². The number of methoxy groups -OCH3 is 1. The van der Waals surface area contributed by atoms with Gasteiger partial charge in [-0.3, -0.25) is 9.36 Å². The number of benzene rings is 3. The van der Waals surface area contributed by atoms with Crippen LogP contribution < -0.4 is 15.0 Å². The Hall–Kier alpha value is -3.78. The summed E-state index contributed by atoms with van der Waals surface area (Å²) in [6.07, 6.45) is 0. The number of hydrogen-bond acceptors (Lipinski definition) is 6. The summed E-state index contributed by atoms with van der Waals surface area (Å²) in [6.45, 7) is 8.20. The maximum Gasteiger partial charge on any atom is 0.234 e. The van der Waals surface area contributed by atoms with Crippen LogP contribution in [0.1, 0.15) is 19.4 Å². The third-order valence-electron chi connectivity index (χ3n) is 5.89. The highest BCUT2D eigenvalue weighted by atomic mass is 32.2. The van der Waals surface area contributed by atoms with Crippen molar-refractivity contribution in [1.82, 2.24) is 14.8 Å². The van der Waals surface area contributed by atoms with Crippen LogP contribution in [0.3, 0.4) is 0 Å². The second-order valence-electron chi connectivity index (χ2n) is 8.26. The molecule has 0 unspecified atom stereocenters. The summed E-state index contributed by atoms with van der Waals surface area (Å²) in [7, 11) is 1.64. The molecule has 0 fully saturated rings. The van der Waals surface area contributed by atoms with E-state index >= 15 is 0 Å². The number of carbonyl (C=O) groups excluding carboxylic acids is 1. The van der Waals surface area contributed by atoms with Crippen LogP contribution >= 0.6 is 11.8 Å². The van der Waals surface area contributed by atoms with E-state index in [0.717, 1.165) is 47.3 Å². The quantitative estimate of drug-likeness (QED) is 0.276. The third kappa shape index (κ3) is 5.88. The maximum absolute atomic E-state index is 12.7. The molecule has 0 radical (unpaired) electrons. The molecule has 4 aromatic rings. The molecule has 0 atom stereocenters. The molecule has 0 saturated carbocycles. The maximum atomic E-state index is 12.7. The van der Waals surface area contributed by atoms with Crippen molar-refractivity contribution in [3.63, 3.8) is 0 Å². The van der Waals surface area contributed by atoms with Gasteiger partial charge in [0.05, 0.1) is 12.9 Å². The number of aryl methyl sites for hydroxylation is 1. The Bertz CT molecular complexity index is 1280. The zero-order valence-corrected chi connectivity index (χ0v) is 21.9. The van der Waals surface area contributed by atoms with E-state index < -0.39 is 0 Å². The van der Waals surface area contributed by atoms with E-state index in [0.29, 0.717) is 5.16 Å². The van der Waals surface area contributed by atoms with Crippen LogP contribution in [0.5, 0.6) is 5.75 Å². The second kappa shape index (κ2) is 11.8. The number of rotatable bonds is 10. The molecule has 0 aliphatic carbocycles. The van der Waals surface area contributed by atoms with Crippen LogP contribution in [0, 0.1) is 6.92 Å². The van der Waals surface area contributed by atoms with Gasteiger partial charge in [0.1, 0.15) is 5.75 Å². The highest BCUT2D eigenvalue weighted by Gasteiger charge is 2.17. The van der Waals surface area contributed by atoms with Crippen molar-refractivity contribution in [3.8, 4) is 22.8 Å². The molecular weight excluding hydrogens is 470 g/mol. The third-order valence-corrected chi connectivity index (χ3v) is 6.81. The fourth-order valence-corrected chi connectivity index (χ4v) is 4.64. The molecule has 1 heterocycles. The predicted octanol–water partition coefficient (Wildman–Crippen LogP) is 5.83. The second-order valence-corrected chi connectivity index (χ2v) is 9.20. The Morgan fingerprint density at radius 1 is 0.944 bits per heavy atom. The smallest absolute Gasteiger partial charge is 0.234 e. The van der Waals surface area contributed by atoms with Crippen molar-refractivity contribution in [2.75, 3.05) is 36.2 Å². The van der Waals surface area contributed by atoms with Gasteiger partial charge in [0.2, 0.25) is 5.91 Å². The standard InChI is InChI=1S/C28H31N5O2S/c1-5-32(6-2)23-13-11-22(12-14-23)29-26(34)19-36-28-31-30-27(21-9-7-20(3)8-10-21)33(28)24-15-17-25(35-4)18-16-24/h7-18H,5-6,19H2,1-4H3,(H,29,34). The van der Waals surface area contributed by atoms with Gasteiger partial charge in [-0.25, -0.2) is 0 Å². The molecule has 8 heteroatoms. The number of hydrogen-bond donors (Lipinski definition) is 1. The zero-order valence-electron chi connectivity index (χ0n) is 21.1. The van der Waals surface area contributed by atoms with Crippen molar-refractivity contribution in [2.45, 2.75) is 25.9 Å². The Labute approximate surface area is 216 Å². The van der Waals surface area contributed by atoms with Crippen molar-refractivity contribution in [3.05, 3.63) is 78.4 Å². The summed E-state index contributed by atoms with van der Waals surface area (Å²) in [5, 5.41) is 12.5. The predicted molar refractivity (Wildman–Crippen MR) is 147 cm³/mol. The molecular formula is C28H31N5O2S. The van der Waals surface area contributed by atoms with E-state index in [-0.39, 0.29) is 11.7 Å². The highest BCUT2D eigenvalue weighted by molar-refractivity contribution is 7.99. The molecule has 36 heavy (non-hydrogen) atoms. The highest BCUT2D eigenvalue weighted by Crippen LogP contribution is 2.29. The minimum absolute atomic E-state index is 0.100. The Kier molecular flexibility index (Phi) is 8.28. The minimum atomic E-state index is -0.100. The van der Waals surface area contributed by atoms with Crippen molar-refractivity contribution in [1.29, 1.82) is 0 Å². The van der Waals surface area contributed by atoms with E-state index in [2.05, 4.69) is 41.2 Å². The molecule has 1 aromatic heterocycles. The van der Waals surface area contributed by atoms with Gasteiger partial charge in [-0.15, -0.1) is 10.2 Å². The summed E-state index contributed by atoms with van der Waals surface area (Å²) >= 11 is 1.35. The van der Waals surface area contributed by atoms with Crippen LogP contribution in [-0.4, -0.2) is 46.6 Å². The lowest BCUT2D eigenvalue weighted by molar-refractivity contribution is -0.113. The number of anilines is 2. The van der Waals surface area contributed by atoms with Gasteiger partial charge < -0.3 is 15.0 Å². The van der Waals surface area contributed by atoms with Gasteiger partial charge in [0.15, 0.2) is 11.0 Å². The first-order valence-electron chi connectivity index (χ1n) is 12.0. The van der Waals surface area contributed by atoms with Crippen molar-refractivity contribution in [2.24, 2.45) is 0 Å². The van der Waals surface area contributed by atoms with Gasteiger partial charge in [0.25, 0.3) is 0 Å². The first-order valence-corrected chi connectivity index (χ1v) is 13.0. The lowest BCUT2D eigenvalue weighted by Crippen LogP contribution is -2.21. The number of aromatic nitrogens is 3. The van der Waals surface area contributed by atoms with Gasteiger partial charge in [0, 0.05) is 35.7 Å². The number of nitrogens with one attached hydrogen (secondary N) is 1. The number of nitrogens with zero attached hydrogens (tertiary/aromatic N) is 4. The molecule has 186 valence electrons. The number of ether oxygens (including phenoxy) is 1. The number of thioether (sulfide) groups is 1. The van der Waals surface area contributed by atoms with Crippen molar-refractivity contribution >= 4 is 29.0 Å². The van der Waals surface area contributed by atoms with Crippen LogP contribution in [0.2, 0.25) is 0 Å². The molecule has 0 aliphatic heterocycles. The van der Waals surface area contributed by atoms with E-state index in [1.54, 1.807) is 7.11 Å². The summed E-state index contributed by atoms with van der Waals surface area (Å²) in [4.78, 5) is 15.0. The molecule has 3 aromatic carbocycles. The molecule has 0 aliphatic rings. The largest absolute Gasteiger partial charge is 0.497 e. The average molecular weight is 502 g/mol. The first-order chi connectivity index (χ1) is 17.5. The lowest BCUT2D eigenvalue weighted by atomic mass is 10.1. The normalized spacial score (nSPS) is 10.8. The first kappa shape index (κ1) is 25.3. The number of carbonyl (C=O) groups is 1. The summed E-state index contributed by atoms with van der Waals surface area (Å²) < 4.78 is 7.29. The molecule has 1 N–H and O–H groups in total. The molecule has 1 amide bonds.